The van der Waals surface area contributed by atoms with Crippen molar-refractivity contribution in [3.63, 3.8) is 0 Å². The van der Waals surface area contributed by atoms with Crippen LogP contribution in [0.5, 0.6) is 0 Å². The summed E-state index contributed by atoms with van der Waals surface area (Å²) >= 11 is 0. The van der Waals surface area contributed by atoms with E-state index in [1.807, 2.05) is 0 Å². The molecule has 0 saturated heterocycles. The summed E-state index contributed by atoms with van der Waals surface area (Å²) in [6, 6.07) is 33.0. The van der Waals surface area contributed by atoms with Crippen LogP contribution in [0.15, 0.2) is 91.0 Å². The van der Waals surface area contributed by atoms with Gasteiger partial charge in [0, 0.05) is 29.8 Å². The highest BCUT2D eigenvalue weighted by Gasteiger charge is 2.43. The lowest BCUT2D eigenvalue weighted by Gasteiger charge is -2.33. The van der Waals surface area contributed by atoms with E-state index in [1.165, 1.54) is 16.7 Å². The van der Waals surface area contributed by atoms with Crippen molar-refractivity contribution in [1.82, 2.24) is 4.67 Å². The SMILES string of the molecule is CCN(CC)[PH2+]C(c1ccccc1)(c1ccccc1)c1ccccc1. The van der Waals surface area contributed by atoms with Gasteiger partial charge in [-0.15, -0.1) is 0 Å². The first-order valence-corrected chi connectivity index (χ1v) is 10.2. The van der Waals surface area contributed by atoms with Crippen LogP contribution >= 0.6 is 8.73 Å². The number of rotatable bonds is 7. The van der Waals surface area contributed by atoms with E-state index >= 15 is 0 Å². The molecule has 128 valence electrons. The van der Waals surface area contributed by atoms with Crippen LogP contribution < -0.4 is 0 Å². The fourth-order valence-electron chi connectivity index (χ4n) is 3.51. The van der Waals surface area contributed by atoms with Crippen LogP contribution in [0.1, 0.15) is 30.5 Å². The van der Waals surface area contributed by atoms with Crippen molar-refractivity contribution in [2.75, 3.05) is 13.1 Å². The van der Waals surface area contributed by atoms with Crippen molar-refractivity contribution < 1.29 is 0 Å². The van der Waals surface area contributed by atoms with Crippen molar-refractivity contribution in [2.24, 2.45) is 0 Å². The molecule has 3 aromatic carbocycles. The summed E-state index contributed by atoms with van der Waals surface area (Å²) in [5.41, 5.74) is 4.15. The molecule has 1 unspecified atom stereocenters. The topological polar surface area (TPSA) is 3.24 Å². The van der Waals surface area contributed by atoms with Crippen LogP contribution in [-0.2, 0) is 5.16 Å². The Morgan fingerprint density at radius 2 is 0.920 bits per heavy atom. The van der Waals surface area contributed by atoms with Crippen LogP contribution in [0.2, 0.25) is 0 Å². The summed E-state index contributed by atoms with van der Waals surface area (Å²) in [5.74, 6) is 0. The Hall–Kier alpha value is -1.95. The highest BCUT2D eigenvalue weighted by Crippen LogP contribution is 2.53. The van der Waals surface area contributed by atoms with Crippen molar-refractivity contribution in [1.29, 1.82) is 0 Å². The van der Waals surface area contributed by atoms with E-state index < -0.39 is 0 Å². The summed E-state index contributed by atoms with van der Waals surface area (Å²) < 4.78 is 2.60. The minimum Gasteiger partial charge on any atom is -0.184 e. The maximum absolute atomic E-state index is 2.60. The van der Waals surface area contributed by atoms with E-state index in [9.17, 15) is 0 Å². The quantitative estimate of drug-likeness (QED) is 0.394. The normalized spacial score (nSPS) is 12.1. The molecular weight excluding hydrogens is 321 g/mol. The number of hydrogen-bond donors (Lipinski definition) is 0. The van der Waals surface area contributed by atoms with Crippen molar-refractivity contribution in [3.05, 3.63) is 108 Å². The highest BCUT2D eigenvalue weighted by molar-refractivity contribution is 7.37. The minimum absolute atomic E-state index is 0.0106. The van der Waals surface area contributed by atoms with E-state index in [0.29, 0.717) is 0 Å². The third kappa shape index (κ3) is 3.68. The molecule has 0 bridgehead atoms. The number of benzene rings is 3. The van der Waals surface area contributed by atoms with Crippen LogP contribution in [0, 0.1) is 0 Å². The third-order valence-electron chi connectivity index (χ3n) is 4.88. The van der Waals surface area contributed by atoms with Crippen molar-refractivity contribution in [3.8, 4) is 0 Å². The molecule has 25 heavy (non-hydrogen) atoms. The van der Waals surface area contributed by atoms with E-state index in [2.05, 4.69) is 110 Å². The van der Waals surface area contributed by atoms with Gasteiger partial charge >= 0.3 is 0 Å². The lowest BCUT2D eigenvalue weighted by Crippen LogP contribution is -2.29. The van der Waals surface area contributed by atoms with Crippen LogP contribution in [-0.4, -0.2) is 17.8 Å². The minimum atomic E-state index is -0.0875. The zero-order valence-corrected chi connectivity index (χ0v) is 16.3. The van der Waals surface area contributed by atoms with Gasteiger partial charge in [0.25, 0.3) is 0 Å². The molecule has 0 aromatic heterocycles. The average Bonchev–Trinajstić information content (AvgIpc) is 2.71. The maximum Gasteiger partial charge on any atom is 0.165 e. The molecule has 0 spiro atoms. The Labute approximate surface area is 153 Å². The molecule has 3 rings (SSSR count). The van der Waals surface area contributed by atoms with Crippen LogP contribution in [0.25, 0.3) is 0 Å². The van der Waals surface area contributed by atoms with E-state index in [-0.39, 0.29) is 13.9 Å². The standard InChI is InChI=1S/C23H26NP/c1-3-24(4-2)25-23(20-14-8-5-9-15-20,21-16-10-6-11-17-21)22-18-12-7-13-19-22/h5-19,25H,3-4H2,1-2H3/p+1. The molecule has 0 radical (unpaired) electrons. The Balaban J connectivity index is 2.27. The van der Waals surface area contributed by atoms with E-state index in [1.54, 1.807) is 0 Å². The molecule has 0 aliphatic carbocycles. The second kappa shape index (κ2) is 8.43. The van der Waals surface area contributed by atoms with Gasteiger partial charge in [-0.2, -0.15) is 4.67 Å². The van der Waals surface area contributed by atoms with Crippen LogP contribution in [0.4, 0.5) is 0 Å². The zero-order valence-electron chi connectivity index (χ0n) is 15.1. The molecule has 0 aliphatic rings. The lowest BCUT2D eigenvalue weighted by atomic mass is 9.84. The molecule has 0 N–H and O–H groups in total. The molecule has 1 atom stereocenters. The summed E-state index contributed by atoms with van der Waals surface area (Å²) in [6.45, 7) is 6.70. The fraction of sp³-hybridized carbons (Fsp3) is 0.217. The van der Waals surface area contributed by atoms with Crippen molar-refractivity contribution in [2.45, 2.75) is 19.0 Å². The van der Waals surface area contributed by atoms with Gasteiger partial charge < -0.3 is 0 Å². The Kier molecular flexibility index (Phi) is 6.02. The first kappa shape index (κ1) is 17.9. The van der Waals surface area contributed by atoms with Gasteiger partial charge in [0.15, 0.2) is 5.16 Å². The Bertz CT molecular complexity index is 655. The molecule has 0 heterocycles. The molecule has 3 aromatic rings. The zero-order chi connectivity index (χ0) is 17.5. The average molecular weight is 348 g/mol. The lowest BCUT2D eigenvalue weighted by molar-refractivity contribution is 0.506. The van der Waals surface area contributed by atoms with Gasteiger partial charge in [-0.1, -0.05) is 91.0 Å². The third-order valence-corrected chi connectivity index (χ3v) is 7.36. The van der Waals surface area contributed by atoms with E-state index in [0.717, 1.165) is 13.1 Å². The first-order chi connectivity index (χ1) is 12.3. The first-order valence-electron chi connectivity index (χ1n) is 9.08. The second-order valence-corrected chi connectivity index (χ2v) is 8.11. The monoisotopic (exact) mass is 348 g/mol. The number of nitrogens with zero attached hydrogens (tertiary/aromatic N) is 1. The Morgan fingerprint density at radius 1 is 0.600 bits per heavy atom. The van der Waals surface area contributed by atoms with E-state index in [4.69, 9.17) is 0 Å². The molecular formula is C23H27NP+. The van der Waals surface area contributed by atoms with Gasteiger partial charge in [0.1, 0.15) is 0 Å². The predicted octanol–water partition coefficient (Wildman–Crippen LogP) is 5.65. The fourth-order valence-corrected chi connectivity index (χ4v) is 5.44. The maximum atomic E-state index is 2.60. The molecule has 0 aliphatic heterocycles. The molecule has 1 nitrogen and oxygen atoms in total. The number of hydrogen-bond acceptors (Lipinski definition) is 1. The predicted molar refractivity (Wildman–Crippen MR) is 112 cm³/mol. The Morgan fingerprint density at radius 3 is 1.20 bits per heavy atom. The van der Waals surface area contributed by atoms with Crippen molar-refractivity contribution >= 4 is 8.73 Å². The summed E-state index contributed by atoms with van der Waals surface area (Å²) in [7, 11) is 0.0106. The summed E-state index contributed by atoms with van der Waals surface area (Å²) in [4.78, 5) is 0. The molecule has 0 fully saturated rings. The van der Waals surface area contributed by atoms with Gasteiger partial charge in [-0.3, -0.25) is 0 Å². The summed E-state index contributed by atoms with van der Waals surface area (Å²) in [5, 5.41) is -0.0875. The molecule has 0 saturated carbocycles. The van der Waals surface area contributed by atoms with Crippen LogP contribution in [0.3, 0.4) is 0 Å². The summed E-state index contributed by atoms with van der Waals surface area (Å²) in [6.07, 6.45) is 0. The molecule has 2 heteroatoms. The highest BCUT2D eigenvalue weighted by atomic mass is 31.1. The second-order valence-electron chi connectivity index (χ2n) is 6.26. The molecule has 0 amide bonds. The van der Waals surface area contributed by atoms with Gasteiger partial charge in [-0.05, 0) is 13.8 Å². The largest absolute Gasteiger partial charge is 0.184 e. The van der Waals surface area contributed by atoms with Gasteiger partial charge in [0.2, 0.25) is 0 Å². The van der Waals surface area contributed by atoms with Gasteiger partial charge in [-0.25, -0.2) is 0 Å². The van der Waals surface area contributed by atoms with Gasteiger partial charge in [0.05, 0.1) is 8.73 Å². The smallest absolute Gasteiger partial charge is 0.165 e.